The Morgan fingerprint density at radius 1 is 1.03 bits per heavy atom. The largest absolute Gasteiger partial charge is 0.489 e. The minimum absolute atomic E-state index is 0.244. The summed E-state index contributed by atoms with van der Waals surface area (Å²) in [7, 11) is 1.55. The molecule has 0 spiro atoms. The third-order valence-electron chi connectivity index (χ3n) is 6.04. The second kappa shape index (κ2) is 13.1. The number of carboxylic acid groups (broad SMARTS) is 1. The van der Waals surface area contributed by atoms with Crippen LogP contribution in [0.5, 0.6) is 5.75 Å². The van der Waals surface area contributed by atoms with Gasteiger partial charge in [-0.15, -0.1) is 0 Å². The fourth-order valence-electron chi connectivity index (χ4n) is 3.88. The summed E-state index contributed by atoms with van der Waals surface area (Å²) in [5.74, 6) is 0.00255. The highest BCUT2D eigenvalue weighted by Gasteiger charge is 2.18. The molecule has 1 aromatic heterocycles. The predicted molar refractivity (Wildman–Crippen MR) is 148 cm³/mol. The number of carboxylic acids is 1. The van der Waals surface area contributed by atoms with E-state index < -0.39 is 12.1 Å². The van der Waals surface area contributed by atoms with E-state index in [1.807, 2.05) is 48.5 Å². The van der Waals surface area contributed by atoms with E-state index in [0.717, 1.165) is 32.0 Å². The van der Waals surface area contributed by atoms with Crippen LogP contribution < -0.4 is 10.1 Å². The molecule has 0 aliphatic rings. The molecular formula is C30H30N2O6S. The van der Waals surface area contributed by atoms with Crippen LogP contribution in [0.4, 0.5) is 0 Å². The van der Waals surface area contributed by atoms with Crippen LogP contribution in [0, 0.1) is 6.92 Å². The SMILES string of the molecule is CCO[C@@H](Cc1ccc(OCc2ccc(Sc3ccc(-c4cc(C(=O)NC)no4)cc3)cc2C)cc1)C(=O)O. The van der Waals surface area contributed by atoms with Gasteiger partial charge >= 0.3 is 5.97 Å². The van der Waals surface area contributed by atoms with Crippen LogP contribution in [-0.4, -0.2) is 41.9 Å². The van der Waals surface area contributed by atoms with Crippen molar-refractivity contribution in [2.45, 2.75) is 42.8 Å². The molecule has 1 heterocycles. The van der Waals surface area contributed by atoms with E-state index in [1.54, 1.807) is 31.8 Å². The summed E-state index contributed by atoms with van der Waals surface area (Å²) in [6, 6.07) is 23.2. The number of hydrogen-bond donors (Lipinski definition) is 2. The lowest BCUT2D eigenvalue weighted by atomic mass is 10.1. The molecule has 0 aliphatic carbocycles. The predicted octanol–water partition coefficient (Wildman–Crippen LogP) is 5.77. The average Bonchev–Trinajstić information content (AvgIpc) is 3.43. The van der Waals surface area contributed by atoms with Crippen molar-refractivity contribution in [2.75, 3.05) is 13.7 Å². The summed E-state index contributed by atoms with van der Waals surface area (Å²) in [5.41, 5.74) is 4.17. The molecule has 202 valence electrons. The number of ether oxygens (including phenoxy) is 2. The van der Waals surface area contributed by atoms with Gasteiger partial charge in [0.15, 0.2) is 17.6 Å². The van der Waals surface area contributed by atoms with Crippen molar-refractivity contribution in [1.29, 1.82) is 0 Å². The van der Waals surface area contributed by atoms with Gasteiger partial charge in [-0.05, 0) is 66.9 Å². The van der Waals surface area contributed by atoms with Gasteiger partial charge in [0.1, 0.15) is 12.4 Å². The second-order valence-corrected chi connectivity index (χ2v) is 9.94. The summed E-state index contributed by atoms with van der Waals surface area (Å²) in [5, 5.41) is 15.6. The van der Waals surface area contributed by atoms with Gasteiger partial charge in [-0.3, -0.25) is 4.79 Å². The Kier molecular flexibility index (Phi) is 9.40. The molecule has 3 aromatic carbocycles. The van der Waals surface area contributed by atoms with Gasteiger partial charge in [-0.2, -0.15) is 0 Å². The Morgan fingerprint density at radius 2 is 1.74 bits per heavy atom. The van der Waals surface area contributed by atoms with Crippen molar-refractivity contribution in [2.24, 2.45) is 0 Å². The lowest BCUT2D eigenvalue weighted by Crippen LogP contribution is -2.26. The normalized spacial score (nSPS) is 11.7. The standard InChI is InChI=1S/C30H30N2O6S/c1-4-36-28(30(34)35)16-20-5-10-23(11-6-20)37-18-22-9-14-25(15-19(22)2)39-24-12-7-21(8-13-24)27-17-26(32-38-27)29(33)31-3/h5-15,17,28H,4,16,18H2,1-3H3,(H,31,33)(H,34,35)/t28-/m0/s1. The van der Waals surface area contributed by atoms with E-state index in [-0.39, 0.29) is 11.6 Å². The number of carbonyl (C=O) groups excluding carboxylic acids is 1. The number of nitrogens with one attached hydrogen (secondary N) is 1. The molecule has 0 bridgehead atoms. The summed E-state index contributed by atoms with van der Waals surface area (Å²) in [4.78, 5) is 25.2. The van der Waals surface area contributed by atoms with Crippen molar-refractivity contribution >= 4 is 23.6 Å². The van der Waals surface area contributed by atoms with Crippen molar-refractivity contribution in [3.8, 4) is 17.1 Å². The second-order valence-electron chi connectivity index (χ2n) is 8.79. The molecule has 8 nitrogen and oxygen atoms in total. The first-order valence-corrected chi connectivity index (χ1v) is 13.3. The third-order valence-corrected chi connectivity index (χ3v) is 7.04. The summed E-state index contributed by atoms with van der Waals surface area (Å²) in [6.45, 7) is 4.62. The van der Waals surface area contributed by atoms with E-state index in [2.05, 4.69) is 35.6 Å². The van der Waals surface area contributed by atoms with Crippen LogP contribution >= 0.6 is 11.8 Å². The molecule has 2 N–H and O–H groups in total. The number of aryl methyl sites for hydroxylation is 1. The number of amides is 1. The summed E-state index contributed by atoms with van der Waals surface area (Å²) < 4.78 is 16.6. The van der Waals surface area contributed by atoms with Crippen LogP contribution in [0.2, 0.25) is 0 Å². The molecule has 9 heteroatoms. The monoisotopic (exact) mass is 546 g/mol. The highest BCUT2D eigenvalue weighted by atomic mass is 32.2. The zero-order chi connectivity index (χ0) is 27.8. The highest BCUT2D eigenvalue weighted by molar-refractivity contribution is 7.99. The van der Waals surface area contributed by atoms with Crippen LogP contribution in [0.15, 0.2) is 87.1 Å². The first-order chi connectivity index (χ1) is 18.9. The quantitative estimate of drug-likeness (QED) is 0.230. The lowest BCUT2D eigenvalue weighted by Gasteiger charge is -2.13. The van der Waals surface area contributed by atoms with Gasteiger partial charge in [0.25, 0.3) is 5.91 Å². The number of aromatic nitrogens is 1. The van der Waals surface area contributed by atoms with Gasteiger partial charge in [0, 0.05) is 41.5 Å². The Bertz CT molecular complexity index is 1420. The van der Waals surface area contributed by atoms with Crippen molar-refractivity contribution in [3.05, 3.63) is 95.2 Å². The summed E-state index contributed by atoms with van der Waals surface area (Å²) >= 11 is 1.65. The Balaban J connectivity index is 1.32. The first-order valence-electron chi connectivity index (χ1n) is 12.5. The molecule has 0 radical (unpaired) electrons. The fraction of sp³-hybridized carbons (Fsp3) is 0.233. The van der Waals surface area contributed by atoms with Crippen molar-refractivity contribution in [1.82, 2.24) is 10.5 Å². The van der Waals surface area contributed by atoms with E-state index in [4.69, 9.17) is 14.0 Å². The van der Waals surface area contributed by atoms with E-state index in [9.17, 15) is 14.7 Å². The number of aliphatic carboxylic acids is 1. The van der Waals surface area contributed by atoms with Crippen LogP contribution in [0.25, 0.3) is 11.3 Å². The van der Waals surface area contributed by atoms with E-state index in [0.29, 0.717) is 31.1 Å². The molecule has 1 atom stereocenters. The molecule has 1 amide bonds. The fourth-order valence-corrected chi connectivity index (χ4v) is 4.80. The maximum Gasteiger partial charge on any atom is 0.333 e. The smallest absolute Gasteiger partial charge is 0.333 e. The van der Waals surface area contributed by atoms with Gasteiger partial charge in [-0.25, -0.2) is 4.79 Å². The minimum atomic E-state index is -0.963. The minimum Gasteiger partial charge on any atom is -0.489 e. The molecule has 0 unspecified atom stereocenters. The van der Waals surface area contributed by atoms with Crippen LogP contribution in [0.3, 0.4) is 0 Å². The van der Waals surface area contributed by atoms with Gasteiger partial charge in [0.05, 0.1) is 0 Å². The third kappa shape index (κ3) is 7.49. The number of carbonyl (C=O) groups is 2. The maximum atomic E-state index is 11.7. The molecule has 39 heavy (non-hydrogen) atoms. The van der Waals surface area contributed by atoms with Crippen LogP contribution in [-0.2, 0) is 22.6 Å². The van der Waals surface area contributed by atoms with Crippen molar-refractivity contribution in [3.63, 3.8) is 0 Å². The maximum absolute atomic E-state index is 11.7. The Labute approximate surface area is 231 Å². The molecule has 0 saturated carbocycles. The lowest BCUT2D eigenvalue weighted by molar-refractivity contribution is -0.149. The first kappa shape index (κ1) is 27.9. The number of rotatable bonds is 12. The molecule has 0 saturated heterocycles. The van der Waals surface area contributed by atoms with Crippen LogP contribution in [0.1, 0.15) is 34.1 Å². The Hall–Kier alpha value is -4.08. The molecular weight excluding hydrogens is 516 g/mol. The molecule has 0 fully saturated rings. The van der Waals surface area contributed by atoms with E-state index >= 15 is 0 Å². The molecule has 0 aliphatic heterocycles. The van der Waals surface area contributed by atoms with E-state index in [1.165, 1.54) is 0 Å². The van der Waals surface area contributed by atoms with Gasteiger partial charge in [-0.1, -0.05) is 47.3 Å². The summed E-state index contributed by atoms with van der Waals surface area (Å²) in [6.07, 6.45) is -0.543. The van der Waals surface area contributed by atoms with Gasteiger partial charge in [0.2, 0.25) is 0 Å². The average molecular weight is 547 g/mol. The zero-order valence-corrected chi connectivity index (χ0v) is 22.8. The topological polar surface area (TPSA) is 111 Å². The Morgan fingerprint density at radius 3 is 2.38 bits per heavy atom. The van der Waals surface area contributed by atoms with Crippen molar-refractivity contribution < 1.29 is 28.7 Å². The number of nitrogens with zero attached hydrogens (tertiary/aromatic N) is 1. The number of benzene rings is 3. The van der Waals surface area contributed by atoms with Gasteiger partial charge < -0.3 is 24.4 Å². The zero-order valence-electron chi connectivity index (χ0n) is 22.0. The molecule has 4 rings (SSSR count). The number of hydrogen-bond acceptors (Lipinski definition) is 7. The highest BCUT2D eigenvalue weighted by Crippen LogP contribution is 2.31. The molecule has 4 aromatic rings.